The first-order valence-electron chi connectivity index (χ1n) is 7.57. The van der Waals surface area contributed by atoms with Crippen LogP contribution in [0.3, 0.4) is 0 Å². The van der Waals surface area contributed by atoms with E-state index in [1.54, 1.807) is 0 Å². The lowest BCUT2D eigenvalue weighted by Crippen LogP contribution is -2.25. The van der Waals surface area contributed by atoms with Crippen molar-refractivity contribution in [3.05, 3.63) is 41.6 Å². The molecule has 1 aliphatic heterocycles. The Morgan fingerprint density at radius 3 is 2.71 bits per heavy atom. The van der Waals surface area contributed by atoms with Gasteiger partial charge in [-0.3, -0.25) is 0 Å². The topological polar surface area (TPSA) is 29.0 Å². The van der Waals surface area contributed by atoms with Gasteiger partial charge in [0.15, 0.2) is 5.82 Å². The Kier molecular flexibility index (Phi) is 4.39. The third-order valence-electron chi connectivity index (χ3n) is 4.05. The molecule has 3 rings (SSSR count). The van der Waals surface area contributed by atoms with Gasteiger partial charge in [-0.2, -0.15) is 0 Å². The van der Waals surface area contributed by atoms with Crippen LogP contribution in [0.4, 0.5) is 5.82 Å². The third kappa shape index (κ3) is 3.53. The van der Waals surface area contributed by atoms with Crippen molar-refractivity contribution < 1.29 is 0 Å². The van der Waals surface area contributed by atoms with E-state index in [0.29, 0.717) is 11.0 Å². The van der Waals surface area contributed by atoms with Gasteiger partial charge in [-0.05, 0) is 25.2 Å². The minimum atomic E-state index is 0.510. The van der Waals surface area contributed by atoms with Crippen molar-refractivity contribution in [3.63, 3.8) is 0 Å². The average molecular weight is 302 g/mol. The number of anilines is 1. The molecule has 0 saturated carbocycles. The molecule has 110 valence electrons. The van der Waals surface area contributed by atoms with Crippen molar-refractivity contribution in [2.24, 2.45) is 5.92 Å². The lowest BCUT2D eigenvalue weighted by atomic mass is 10.0. The van der Waals surface area contributed by atoms with Crippen LogP contribution >= 0.6 is 11.6 Å². The average Bonchev–Trinajstić information content (AvgIpc) is 2.72. The van der Waals surface area contributed by atoms with Crippen molar-refractivity contribution >= 4 is 17.4 Å². The molecule has 4 heteroatoms. The molecule has 1 aliphatic rings. The van der Waals surface area contributed by atoms with E-state index in [2.05, 4.69) is 16.8 Å². The summed E-state index contributed by atoms with van der Waals surface area (Å²) in [5.74, 6) is 2.44. The smallest absolute Gasteiger partial charge is 0.163 e. The van der Waals surface area contributed by atoms with Crippen molar-refractivity contribution in [1.82, 2.24) is 9.97 Å². The van der Waals surface area contributed by atoms with Crippen LogP contribution in [-0.2, 0) is 0 Å². The van der Waals surface area contributed by atoms with Gasteiger partial charge in [-0.15, -0.1) is 0 Å². The lowest BCUT2D eigenvalue weighted by molar-refractivity contribution is 0.521. The summed E-state index contributed by atoms with van der Waals surface area (Å²) in [5.41, 5.74) is 1.00. The minimum Gasteiger partial charge on any atom is -0.356 e. The van der Waals surface area contributed by atoms with Crippen LogP contribution in [0.25, 0.3) is 11.4 Å². The van der Waals surface area contributed by atoms with Crippen molar-refractivity contribution in [1.29, 1.82) is 0 Å². The van der Waals surface area contributed by atoms with Crippen LogP contribution < -0.4 is 4.90 Å². The Bertz CT molecular complexity index is 600. The van der Waals surface area contributed by atoms with Crippen LogP contribution in [0, 0.1) is 5.92 Å². The van der Waals surface area contributed by atoms with Crippen LogP contribution in [0.1, 0.15) is 26.2 Å². The van der Waals surface area contributed by atoms with Crippen LogP contribution in [-0.4, -0.2) is 23.1 Å². The molecule has 1 saturated heterocycles. The number of nitrogens with zero attached hydrogens (tertiary/aromatic N) is 3. The molecule has 0 bridgehead atoms. The van der Waals surface area contributed by atoms with E-state index in [1.807, 2.05) is 36.4 Å². The number of halogens is 1. The molecule has 21 heavy (non-hydrogen) atoms. The van der Waals surface area contributed by atoms with Gasteiger partial charge in [0, 0.05) is 24.7 Å². The van der Waals surface area contributed by atoms with E-state index in [9.17, 15) is 0 Å². The molecule has 0 aliphatic carbocycles. The Morgan fingerprint density at radius 2 is 1.90 bits per heavy atom. The predicted octanol–water partition coefficient (Wildman–Crippen LogP) is 4.42. The first-order valence-corrected chi connectivity index (χ1v) is 7.95. The summed E-state index contributed by atoms with van der Waals surface area (Å²) in [6, 6.07) is 11.9. The molecule has 0 radical (unpaired) electrons. The number of aromatic nitrogens is 2. The van der Waals surface area contributed by atoms with E-state index >= 15 is 0 Å². The summed E-state index contributed by atoms with van der Waals surface area (Å²) in [6.45, 7) is 4.42. The molecule has 2 heterocycles. The molecule has 1 aromatic heterocycles. The second-order valence-corrected chi connectivity index (χ2v) is 6.15. The van der Waals surface area contributed by atoms with E-state index in [1.165, 1.54) is 19.3 Å². The van der Waals surface area contributed by atoms with Crippen molar-refractivity contribution in [2.75, 3.05) is 18.0 Å². The molecule has 3 nitrogen and oxygen atoms in total. The first-order chi connectivity index (χ1) is 10.2. The summed E-state index contributed by atoms with van der Waals surface area (Å²) >= 11 is 6.21. The predicted molar refractivity (Wildman–Crippen MR) is 87.7 cm³/mol. The van der Waals surface area contributed by atoms with E-state index in [-0.39, 0.29) is 0 Å². The first kappa shape index (κ1) is 14.3. The zero-order valence-electron chi connectivity index (χ0n) is 12.3. The van der Waals surface area contributed by atoms with Crippen molar-refractivity contribution in [3.8, 4) is 11.4 Å². The standard InChI is InChI=1S/C17H20ClN3/c1-13-6-5-10-21(11-9-13)16-12-15(18)19-17(20-16)14-7-3-2-4-8-14/h2-4,7-8,12-13H,5-6,9-11H2,1H3. The fraction of sp³-hybridized carbons (Fsp3) is 0.412. The molecule has 2 aromatic rings. The zero-order chi connectivity index (χ0) is 14.7. The summed E-state index contributed by atoms with van der Waals surface area (Å²) < 4.78 is 0. The van der Waals surface area contributed by atoms with Gasteiger partial charge < -0.3 is 4.90 Å². The number of benzene rings is 1. The van der Waals surface area contributed by atoms with Crippen LogP contribution in [0.5, 0.6) is 0 Å². The highest BCUT2D eigenvalue weighted by Gasteiger charge is 2.16. The quantitative estimate of drug-likeness (QED) is 0.769. The lowest BCUT2D eigenvalue weighted by Gasteiger charge is -2.22. The molecule has 1 aromatic carbocycles. The Morgan fingerprint density at radius 1 is 1.10 bits per heavy atom. The highest BCUT2D eigenvalue weighted by molar-refractivity contribution is 6.29. The summed E-state index contributed by atoms with van der Waals surface area (Å²) in [6.07, 6.45) is 3.71. The monoisotopic (exact) mass is 301 g/mol. The molecule has 0 amide bonds. The fourth-order valence-electron chi connectivity index (χ4n) is 2.78. The highest BCUT2D eigenvalue weighted by Crippen LogP contribution is 2.25. The van der Waals surface area contributed by atoms with Gasteiger partial charge >= 0.3 is 0 Å². The maximum atomic E-state index is 6.21. The Labute approximate surface area is 131 Å². The Balaban J connectivity index is 1.91. The SMILES string of the molecule is CC1CCCN(c2cc(Cl)nc(-c3ccccc3)n2)CC1. The maximum absolute atomic E-state index is 6.21. The normalized spacial score (nSPS) is 19.3. The third-order valence-corrected chi connectivity index (χ3v) is 4.25. The van der Waals surface area contributed by atoms with Gasteiger partial charge in [0.1, 0.15) is 11.0 Å². The van der Waals surface area contributed by atoms with E-state index < -0.39 is 0 Å². The largest absolute Gasteiger partial charge is 0.356 e. The second-order valence-electron chi connectivity index (χ2n) is 5.76. The molecule has 1 atom stereocenters. The molecular weight excluding hydrogens is 282 g/mol. The second kappa shape index (κ2) is 6.44. The molecule has 1 unspecified atom stereocenters. The molecule has 0 spiro atoms. The number of hydrogen-bond donors (Lipinski definition) is 0. The minimum absolute atomic E-state index is 0.510. The molecule has 1 fully saturated rings. The van der Waals surface area contributed by atoms with E-state index in [0.717, 1.165) is 30.4 Å². The van der Waals surface area contributed by atoms with Crippen LogP contribution in [0.2, 0.25) is 5.15 Å². The van der Waals surface area contributed by atoms with E-state index in [4.69, 9.17) is 16.6 Å². The molecular formula is C17H20ClN3. The summed E-state index contributed by atoms with van der Waals surface area (Å²) in [7, 11) is 0. The number of rotatable bonds is 2. The van der Waals surface area contributed by atoms with Gasteiger partial charge in [0.2, 0.25) is 0 Å². The molecule has 0 N–H and O–H groups in total. The number of hydrogen-bond acceptors (Lipinski definition) is 3. The fourth-order valence-corrected chi connectivity index (χ4v) is 2.95. The summed E-state index contributed by atoms with van der Waals surface area (Å²) in [4.78, 5) is 11.4. The highest BCUT2D eigenvalue weighted by atomic mass is 35.5. The van der Waals surface area contributed by atoms with Gasteiger partial charge in [0.05, 0.1) is 0 Å². The maximum Gasteiger partial charge on any atom is 0.163 e. The van der Waals surface area contributed by atoms with Crippen molar-refractivity contribution in [2.45, 2.75) is 26.2 Å². The zero-order valence-corrected chi connectivity index (χ0v) is 13.1. The van der Waals surface area contributed by atoms with Gasteiger partial charge in [0.25, 0.3) is 0 Å². The van der Waals surface area contributed by atoms with Gasteiger partial charge in [-0.1, -0.05) is 48.9 Å². The van der Waals surface area contributed by atoms with Crippen LogP contribution in [0.15, 0.2) is 36.4 Å². The Hall–Kier alpha value is -1.61. The summed E-state index contributed by atoms with van der Waals surface area (Å²) in [5, 5.41) is 0.510. The van der Waals surface area contributed by atoms with Gasteiger partial charge in [-0.25, -0.2) is 9.97 Å².